The van der Waals surface area contributed by atoms with E-state index in [9.17, 15) is 9.59 Å². The van der Waals surface area contributed by atoms with Crippen molar-refractivity contribution in [3.8, 4) is 0 Å². The van der Waals surface area contributed by atoms with E-state index < -0.39 is 0 Å². The van der Waals surface area contributed by atoms with Gasteiger partial charge < -0.3 is 0 Å². The Balaban J connectivity index is 2.46. The summed E-state index contributed by atoms with van der Waals surface area (Å²) in [4.78, 5) is 23.1. The fourth-order valence-electron chi connectivity index (χ4n) is 1.63. The van der Waals surface area contributed by atoms with Gasteiger partial charge in [-0.2, -0.15) is 0 Å². The van der Waals surface area contributed by atoms with E-state index in [1.165, 1.54) is 0 Å². The van der Waals surface area contributed by atoms with E-state index in [-0.39, 0.29) is 15.2 Å². The molecule has 2 rings (SSSR count). The summed E-state index contributed by atoms with van der Waals surface area (Å²) < 4.78 is 0.924. The molecule has 1 aliphatic heterocycles. The number of imide groups is 1. The first-order valence-electron chi connectivity index (χ1n) is 4.78. The topological polar surface area (TPSA) is 46.2 Å². The Morgan fingerprint density at radius 1 is 1.31 bits per heavy atom. The molecule has 0 radical (unpaired) electrons. The minimum absolute atomic E-state index is 0.0217. The quantitative estimate of drug-likeness (QED) is 0.673. The van der Waals surface area contributed by atoms with E-state index in [2.05, 4.69) is 21.2 Å². The van der Waals surface area contributed by atoms with Gasteiger partial charge in [0, 0.05) is 16.6 Å². The van der Waals surface area contributed by atoms with Crippen LogP contribution in [0.2, 0.25) is 0 Å². The van der Waals surface area contributed by atoms with Crippen LogP contribution >= 0.6 is 27.9 Å². The molecule has 1 aliphatic rings. The standard InChI is InChI=1S/C10H9BrN2O2S/c1-2-13(9(14)12-10(15)16-13)8-5-3-7(11)4-6-8/h3-6H,2H2,1H3/p+1. The molecule has 0 spiro atoms. The van der Waals surface area contributed by atoms with Crippen LogP contribution in [0.25, 0.3) is 0 Å². The number of carbonyl (C=O) groups excluding carboxylic acids is 2. The molecular weight excluding hydrogens is 292 g/mol. The number of quaternary nitrogens is 1. The fourth-order valence-corrected chi connectivity index (χ4v) is 2.79. The van der Waals surface area contributed by atoms with Gasteiger partial charge in [0.2, 0.25) is 0 Å². The summed E-state index contributed by atoms with van der Waals surface area (Å²) in [5, 5.41) is 2.02. The number of hydrogen-bond acceptors (Lipinski definition) is 3. The van der Waals surface area contributed by atoms with E-state index in [1.807, 2.05) is 31.2 Å². The van der Waals surface area contributed by atoms with Gasteiger partial charge in [-0.3, -0.25) is 4.79 Å². The van der Waals surface area contributed by atoms with Gasteiger partial charge in [-0.15, -0.1) is 3.89 Å². The molecule has 1 heterocycles. The van der Waals surface area contributed by atoms with Crippen molar-refractivity contribution in [2.24, 2.45) is 0 Å². The normalized spacial score (nSPS) is 24.6. The second-order valence-electron chi connectivity index (χ2n) is 3.34. The SMILES string of the molecule is CC[N+]1(c2ccc(Br)cc2)SC(=O)NC1=O. The highest BCUT2D eigenvalue weighted by molar-refractivity contribution is 9.10. The number of carbonyl (C=O) groups is 2. The lowest BCUT2D eigenvalue weighted by Crippen LogP contribution is -2.46. The first kappa shape index (κ1) is 11.6. The molecule has 0 aliphatic carbocycles. The van der Waals surface area contributed by atoms with Crippen molar-refractivity contribution in [2.45, 2.75) is 6.92 Å². The summed E-state index contributed by atoms with van der Waals surface area (Å²) in [6.07, 6.45) is 0. The maximum atomic E-state index is 11.8. The molecule has 0 aromatic heterocycles. The molecule has 4 nitrogen and oxygen atoms in total. The minimum Gasteiger partial charge on any atom is -0.255 e. The summed E-state index contributed by atoms with van der Waals surface area (Å²) in [6.45, 7) is 2.41. The number of hydrogen-bond donors (Lipinski definition) is 1. The number of halogens is 1. The lowest BCUT2D eigenvalue weighted by Gasteiger charge is -2.23. The molecule has 1 atom stereocenters. The molecule has 6 heteroatoms. The van der Waals surface area contributed by atoms with Crippen LogP contribution in [-0.4, -0.2) is 17.8 Å². The monoisotopic (exact) mass is 301 g/mol. The minimum atomic E-state index is -0.297. The molecular formula is C10H10BrN2O2S+. The van der Waals surface area contributed by atoms with Gasteiger partial charge in [-0.25, -0.2) is 10.1 Å². The van der Waals surface area contributed by atoms with Crippen LogP contribution < -0.4 is 9.21 Å². The van der Waals surface area contributed by atoms with Crippen molar-refractivity contribution >= 4 is 44.8 Å². The van der Waals surface area contributed by atoms with Crippen molar-refractivity contribution in [1.82, 2.24) is 9.21 Å². The second-order valence-corrected chi connectivity index (χ2v) is 5.43. The molecule has 16 heavy (non-hydrogen) atoms. The van der Waals surface area contributed by atoms with E-state index >= 15 is 0 Å². The van der Waals surface area contributed by atoms with Gasteiger partial charge in [0.15, 0.2) is 17.6 Å². The van der Waals surface area contributed by atoms with Gasteiger partial charge in [0.25, 0.3) is 0 Å². The van der Waals surface area contributed by atoms with Crippen LogP contribution in [0, 0.1) is 0 Å². The molecule has 84 valence electrons. The molecule has 1 fully saturated rings. The van der Waals surface area contributed by atoms with Crippen LogP contribution in [0.3, 0.4) is 0 Å². The summed E-state index contributed by atoms with van der Waals surface area (Å²) in [5.74, 6) is 0. The predicted octanol–water partition coefficient (Wildman–Crippen LogP) is 3.27. The van der Waals surface area contributed by atoms with Crippen LogP contribution in [0.1, 0.15) is 6.92 Å². The number of amides is 3. The van der Waals surface area contributed by atoms with Gasteiger partial charge in [0.1, 0.15) is 6.54 Å². The van der Waals surface area contributed by atoms with Crippen LogP contribution in [0.5, 0.6) is 0 Å². The van der Waals surface area contributed by atoms with Gasteiger partial charge in [-0.1, -0.05) is 15.9 Å². The van der Waals surface area contributed by atoms with Crippen LogP contribution in [0.15, 0.2) is 28.7 Å². The molecule has 1 aromatic rings. The van der Waals surface area contributed by atoms with Gasteiger partial charge in [0.05, 0.1) is 0 Å². The van der Waals surface area contributed by atoms with Crippen LogP contribution in [-0.2, 0) is 0 Å². The molecule has 1 aromatic carbocycles. The zero-order chi connectivity index (χ0) is 11.8. The van der Waals surface area contributed by atoms with Crippen LogP contribution in [0.4, 0.5) is 15.3 Å². The fraction of sp³-hybridized carbons (Fsp3) is 0.200. The van der Waals surface area contributed by atoms with Crippen molar-refractivity contribution in [1.29, 1.82) is 0 Å². The molecule has 1 saturated heterocycles. The number of rotatable bonds is 2. The maximum absolute atomic E-state index is 11.8. The Hall–Kier alpha value is -0.850. The third kappa shape index (κ3) is 1.77. The Bertz CT molecular complexity index is 449. The highest BCUT2D eigenvalue weighted by Crippen LogP contribution is 2.37. The third-order valence-electron chi connectivity index (χ3n) is 2.46. The number of urea groups is 1. The average Bonchev–Trinajstić information content (AvgIpc) is 2.55. The van der Waals surface area contributed by atoms with Gasteiger partial charge >= 0.3 is 11.3 Å². The van der Waals surface area contributed by atoms with E-state index in [1.54, 1.807) is 0 Å². The molecule has 1 N–H and O–H groups in total. The van der Waals surface area contributed by atoms with E-state index in [0.29, 0.717) is 6.54 Å². The third-order valence-corrected chi connectivity index (χ3v) is 4.21. The number of benzene rings is 1. The zero-order valence-electron chi connectivity index (χ0n) is 8.57. The van der Waals surface area contributed by atoms with E-state index in [0.717, 1.165) is 22.1 Å². The summed E-state index contributed by atoms with van der Waals surface area (Å²) in [6, 6.07) is 7.14. The molecule has 0 bridgehead atoms. The highest BCUT2D eigenvalue weighted by Gasteiger charge is 2.50. The number of nitrogens with one attached hydrogen (secondary N) is 1. The Morgan fingerprint density at radius 3 is 2.38 bits per heavy atom. The smallest absolute Gasteiger partial charge is 0.255 e. The maximum Gasteiger partial charge on any atom is 0.441 e. The van der Waals surface area contributed by atoms with Gasteiger partial charge in [-0.05, 0) is 19.1 Å². The molecule has 1 unspecified atom stereocenters. The zero-order valence-corrected chi connectivity index (χ0v) is 11.0. The predicted molar refractivity (Wildman–Crippen MR) is 68.0 cm³/mol. The molecule has 0 saturated carbocycles. The summed E-state index contributed by atoms with van der Waals surface area (Å²) in [7, 11) is 0. The van der Waals surface area contributed by atoms with E-state index in [4.69, 9.17) is 0 Å². The molecule has 3 amide bonds. The second kappa shape index (κ2) is 4.20. The van der Waals surface area contributed by atoms with Crippen molar-refractivity contribution < 1.29 is 9.59 Å². The highest BCUT2D eigenvalue weighted by atomic mass is 79.9. The lowest BCUT2D eigenvalue weighted by molar-refractivity contribution is 0.229. The first-order chi connectivity index (χ1) is 7.58. The summed E-state index contributed by atoms with van der Waals surface area (Å²) in [5.41, 5.74) is 0.805. The Labute approximate surface area is 106 Å². The summed E-state index contributed by atoms with van der Waals surface area (Å²) >= 11 is 4.34. The average molecular weight is 302 g/mol. The number of nitrogens with zero attached hydrogens (tertiary/aromatic N) is 1. The van der Waals surface area contributed by atoms with Crippen molar-refractivity contribution in [2.75, 3.05) is 6.54 Å². The first-order valence-corrected chi connectivity index (χ1v) is 6.34. The van der Waals surface area contributed by atoms with Crippen molar-refractivity contribution in [3.63, 3.8) is 0 Å². The lowest BCUT2D eigenvalue weighted by atomic mass is 10.3. The van der Waals surface area contributed by atoms with Crippen molar-refractivity contribution in [3.05, 3.63) is 28.7 Å². The Kier molecular flexibility index (Phi) is 3.05. The largest absolute Gasteiger partial charge is 0.441 e. The Morgan fingerprint density at radius 2 is 1.94 bits per heavy atom.